The Labute approximate surface area is 128 Å². The Hall–Kier alpha value is -2.44. The van der Waals surface area contributed by atoms with Crippen LogP contribution in [0.5, 0.6) is 0 Å². The molecule has 6 heteroatoms. The molecule has 0 spiro atoms. The molecule has 0 saturated heterocycles. The van der Waals surface area contributed by atoms with E-state index in [2.05, 4.69) is 5.16 Å². The molecule has 0 fully saturated rings. The third-order valence-corrected chi connectivity index (χ3v) is 4.20. The fourth-order valence-electron chi connectivity index (χ4n) is 2.27. The molecule has 1 aliphatic rings. The molecule has 0 bridgehead atoms. The lowest BCUT2D eigenvalue weighted by Gasteiger charge is -2.16. The van der Waals surface area contributed by atoms with Gasteiger partial charge in [-0.05, 0) is 23.8 Å². The van der Waals surface area contributed by atoms with E-state index in [1.165, 1.54) is 6.07 Å². The molecule has 5 nitrogen and oxygen atoms in total. The quantitative estimate of drug-likeness (QED) is 0.942. The SMILES string of the molecule is NS(=O)(=O)c1cccc(C2=CCON=C2c2ccccc2)c1. The van der Waals surface area contributed by atoms with Gasteiger partial charge in [-0.15, -0.1) is 0 Å². The van der Waals surface area contributed by atoms with Gasteiger partial charge in [0.2, 0.25) is 10.0 Å². The minimum atomic E-state index is -3.74. The van der Waals surface area contributed by atoms with Gasteiger partial charge in [-0.1, -0.05) is 47.6 Å². The number of allylic oxidation sites excluding steroid dienone is 1. The average Bonchev–Trinajstić information content (AvgIpc) is 2.55. The largest absolute Gasteiger partial charge is 0.391 e. The van der Waals surface area contributed by atoms with E-state index in [4.69, 9.17) is 9.98 Å². The van der Waals surface area contributed by atoms with E-state index < -0.39 is 10.0 Å². The molecule has 0 unspecified atom stereocenters. The summed E-state index contributed by atoms with van der Waals surface area (Å²) in [5.41, 5.74) is 3.12. The monoisotopic (exact) mass is 314 g/mol. The molecule has 0 aliphatic carbocycles. The predicted octanol–water partition coefficient (Wildman–Crippen LogP) is 2.15. The van der Waals surface area contributed by atoms with Crippen molar-refractivity contribution in [2.75, 3.05) is 6.61 Å². The van der Waals surface area contributed by atoms with Crippen molar-refractivity contribution in [3.05, 3.63) is 71.8 Å². The molecule has 0 atom stereocenters. The van der Waals surface area contributed by atoms with E-state index in [0.29, 0.717) is 12.3 Å². The lowest BCUT2D eigenvalue weighted by Crippen LogP contribution is -2.14. The summed E-state index contributed by atoms with van der Waals surface area (Å²) < 4.78 is 23.0. The van der Waals surface area contributed by atoms with Crippen LogP contribution in [0.25, 0.3) is 5.57 Å². The van der Waals surface area contributed by atoms with Crippen LogP contribution >= 0.6 is 0 Å². The zero-order chi connectivity index (χ0) is 15.6. The number of nitrogens with zero attached hydrogens (tertiary/aromatic N) is 1. The summed E-state index contributed by atoms with van der Waals surface area (Å²) in [5.74, 6) is 0. The van der Waals surface area contributed by atoms with Crippen molar-refractivity contribution >= 4 is 21.3 Å². The fraction of sp³-hybridized carbons (Fsp3) is 0.0625. The smallest absolute Gasteiger partial charge is 0.238 e. The van der Waals surface area contributed by atoms with Crippen LogP contribution in [0.1, 0.15) is 11.1 Å². The highest BCUT2D eigenvalue weighted by molar-refractivity contribution is 7.89. The van der Waals surface area contributed by atoms with E-state index >= 15 is 0 Å². The van der Waals surface area contributed by atoms with Crippen molar-refractivity contribution in [1.29, 1.82) is 0 Å². The lowest BCUT2D eigenvalue weighted by molar-refractivity contribution is 0.173. The molecule has 3 rings (SSSR count). The second-order valence-electron chi connectivity index (χ2n) is 4.79. The minimum Gasteiger partial charge on any atom is -0.391 e. The van der Waals surface area contributed by atoms with Crippen molar-refractivity contribution in [3.63, 3.8) is 0 Å². The van der Waals surface area contributed by atoms with Gasteiger partial charge >= 0.3 is 0 Å². The summed E-state index contributed by atoms with van der Waals surface area (Å²) in [7, 11) is -3.74. The number of primary sulfonamides is 1. The molecule has 2 aromatic carbocycles. The first-order valence-electron chi connectivity index (χ1n) is 6.65. The molecule has 0 radical (unpaired) electrons. The number of hydrogen-bond acceptors (Lipinski definition) is 4. The highest BCUT2D eigenvalue weighted by Gasteiger charge is 2.18. The van der Waals surface area contributed by atoms with Crippen LogP contribution in [0.3, 0.4) is 0 Å². The van der Waals surface area contributed by atoms with Crippen LogP contribution in [0, 0.1) is 0 Å². The second kappa shape index (κ2) is 5.75. The molecular formula is C16H14N2O3S. The van der Waals surface area contributed by atoms with Gasteiger partial charge in [0.1, 0.15) is 12.3 Å². The maximum Gasteiger partial charge on any atom is 0.238 e. The first kappa shape index (κ1) is 14.5. The summed E-state index contributed by atoms with van der Waals surface area (Å²) in [4.78, 5) is 5.23. The maximum atomic E-state index is 11.5. The van der Waals surface area contributed by atoms with Gasteiger partial charge in [0.15, 0.2) is 0 Å². The molecule has 0 amide bonds. The molecule has 1 heterocycles. The summed E-state index contributed by atoms with van der Waals surface area (Å²) in [5, 5.41) is 9.32. The van der Waals surface area contributed by atoms with Crippen molar-refractivity contribution in [3.8, 4) is 0 Å². The van der Waals surface area contributed by atoms with E-state index in [0.717, 1.165) is 16.7 Å². The number of sulfonamides is 1. The number of benzene rings is 2. The van der Waals surface area contributed by atoms with Gasteiger partial charge in [-0.3, -0.25) is 0 Å². The first-order chi connectivity index (χ1) is 10.6. The Morgan fingerprint density at radius 1 is 1.00 bits per heavy atom. The Morgan fingerprint density at radius 3 is 2.45 bits per heavy atom. The average molecular weight is 314 g/mol. The zero-order valence-corrected chi connectivity index (χ0v) is 12.5. The standard InChI is InChI=1S/C16H14N2O3S/c17-22(19,20)14-8-4-7-13(11-14)15-9-10-21-18-16(15)12-5-2-1-3-6-12/h1-9,11H,10H2,(H2,17,19,20). The normalized spacial score (nSPS) is 14.8. The van der Waals surface area contributed by atoms with Gasteiger partial charge in [-0.25, -0.2) is 13.6 Å². The highest BCUT2D eigenvalue weighted by atomic mass is 32.2. The van der Waals surface area contributed by atoms with E-state index in [9.17, 15) is 8.42 Å². The zero-order valence-electron chi connectivity index (χ0n) is 11.6. The van der Waals surface area contributed by atoms with E-state index in [1.807, 2.05) is 42.5 Å². The van der Waals surface area contributed by atoms with Crippen LogP contribution in [0.2, 0.25) is 0 Å². The maximum absolute atomic E-state index is 11.5. The Balaban J connectivity index is 2.07. The molecule has 1 aliphatic heterocycles. The van der Waals surface area contributed by atoms with Gasteiger partial charge < -0.3 is 4.84 Å². The minimum absolute atomic E-state index is 0.0739. The van der Waals surface area contributed by atoms with Crippen molar-refractivity contribution in [1.82, 2.24) is 0 Å². The van der Waals surface area contributed by atoms with Crippen molar-refractivity contribution in [2.45, 2.75) is 4.90 Å². The highest BCUT2D eigenvalue weighted by Crippen LogP contribution is 2.25. The van der Waals surface area contributed by atoms with Gasteiger partial charge in [-0.2, -0.15) is 0 Å². The third kappa shape index (κ3) is 2.93. The molecule has 0 saturated carbocycles. The predicted molar refractivity (Wildman–Crippen MR) is 84.7 cm³/mol. The van der Waals surface area contributed by atoms with Gasteiger partial charge in [0, 0.05) is 11.1 Å². The summed E-state index contributed by atoms with van der Waals surface area (Å²) in [6.45, 7) is 0.339. The summed E-state index contributed by atoms with van der Waals surface area (Å²) >= 11 is 0. The van der Waals surface area contributed by atoms with Crippen LogP contribution in [-0.2, 0) is 14.9 Å². The van der Waals surface area contributed by atoms with E-state index in [1.54, 1.807) is 12.1 Å². The lowest BCUT2D eigenvalue weighted by atomic mass is 9.95. The number of hydrogen-bond donors (Lipinski definition) is 1. The van der Waals surface area contributed by atoms with Gasteiger partial charge in [0.25, 0.3) is 0 Å². The number of oxime groups is 1. The molecule has 2 N–H and O–H groups in total. The first-order valence-corrected chi connectivity index (χ1v) is 8.19. The molecule has 112 valence electrons. The van der Waals surface area contributed by atoms with Crippen molar-refractivity contribution < 1.29 is 13.3 Å². The molecule has 0 aromatic heterocycles. The Bertz CT molecular complexity index is 856. The van der Waals surface area contributed by atoms with Crippen LogP contribution in [0.15, 0.2) is 70.7 Å². The Morgan fingerprint density at radius 2 is 1.73 bits per heavy atom. The summed E-state index contributed by atoms with van der Waals surface area (Å²) in [6.07, 6.45) is 1.87. The van der Waals surface area contributed by atoms with E-state index in [-0.39, 0.29) is 4.90 Å². The number of rotatable bonds is 3. The molecular weight excluding hydrogens is 300 g/mol. The third-order valence-electron chi connectivity index (χ3n) is 3.29. The topological polar surface area (TPSA) is 81.8 Å². The van der Waals surface area contributed by atoms with Gasteiger partial charge in [0.05, 0.1) is 4.90 Å². The van der Waals surface area contributed by atoms with Crippen LogP contribution in [-0.4, -0.2) is 20.7 Å². The molecule has 2 aromatic rings. The van der Waals surface area contributed by atoms with Crippen molar-refractivity contribution in [2.24, 2.45) is 10.3 Å². The van der Waals surface area contributed by atoms with Crippen LogP contribution < -0.4 is 5.14 Å². The van der Waals surface area contributed by atoms with Crippen LogP contribution in [0.4, 0.5) is 0 Å². The Kier molecular flexibility index (Phi) is 3.79. The molecule has 22 heavy (non-hydrogen) atoms. The second-order valence-corrected chi connectivity index (χ2v) is 6.35. The fourth-order valence-corrected chi connectivity index (χ4v) is 2.83. The summed E-state index contributed by atoms with van der Waals surface area (Å²) in [6, 6.07) is 16.1. The number of nitrogens with two attached hydrogens (primary N) is 1.